The molecule has 0 heterocycles. The van der Waals surface area contributed by atoms with Gasteiger partial charge in [-0.1, -0.05) is 124 Å². The van der Waals surface area contributed by atoms with E-state index in [4.69, 9.17) is 10.2 Å². The minimum Gasteiger partial charge on any atom is -0.396 e. The Hall–Kier alpha value is -4.14. The number of hydrogen-bond acceptors (Lipinski definition) is 2. The van der Waals surface area contributed by atoms with Crippen LogP contribution in [0.1, 0.15) is 11.1 Å². The molecule has 8 aromatic carbocycles. The summed E-state index contributed by atoms with van der Waals surface area (Å²) in [6.07, 6.45) is 1.42. The number of benzene rings is 8. The van der Waals surface area contributed by atoms with Gasteiger partial charge < -0.3 is 10.2 Å². The predicted molar refractivity (Wildman–Crippen MR) is 244 cm³/mol. The van der Waals surface area contributed by atoms with Crippen LogP contribution in [0.5, 0.6) is 0 Å². The van der Waals surface area contributed by atoms with Crippen molar-refractivity contribution in [2.75, 3.05) is 13.2 Å². The van der Waals surface area contributed by atoms with Crippen LogP contribution in [0.3, 0.4) is 0 Å². The number of rotatable bonds is 9. The number of aliphatic hydroxyl groups is 2. The van der Waals surface area contributed by atoms with Gasteiger partial charge in [-0.15, -0.1) is 0 Å². The quantitative estimate of drug-likeness (QED) is 0.0862. The second kappa shape index (κ2) is 32.8. The second-order valence-corrected chi connectivity index (χ2v) is 16.0. The van der Waals surface area contributed by atoms with Crippen LogP contribution in [-0.4, -0.2) is 23.4 Å². The third-order valence-electron chi connectivity index (χ3n) is 7.94. The summed E-state index contributed by atoms with van der Waals surface area (Å²) in [4.78, 5) is 0. The largest absolute Gasteiger partial charge is 2.00 e. The van der Waals surface area contributed by atoms with Crippen LogP contribution < -0.4 is 26.5 Å². The Morgan fingerprint density at radius 2 is 0.672 bits per heavy atom. The Bertz CT molecular complexity index is 1870. The van der Waals surface area contributed by atoms with E-state index in [1.165, 1.54) is 26.5 Å². The van der Waals surface area contributed by atoms with Crippen molar-refractivity contribution in [2.24, 2.45) is 0 Å². The van der Waals surface area contributed by atoms with Crippen LogP contribution in [0.4, 0.5) is 0 Å². The van der Waals surface area contributed by atoms with Crippen LogP contribution in [0.25, 0.3) is 0 Å². The molecule has 8 rings (SSSR count). The fourth-order valence-electron chi connectivity index (χ4n) is 5.28. The maximum absolute atomic E-state index is 8.50. The third kappa shape index (κ3) is 21.0. The van der Waals surface area contributed by atoms with Crippen molar-refractivity contribution in [1.82, 2.24) is 0 Å². The molecule has 2 N–H and O–H groups in total. The first kappa shape index (κ1) is 50.0. The van der Waals surface area contributed by atoms with Crippen molar-refractivity contribution in [1.29, 1.82) is 0 Å². The van der Waals surface area contributed by atoms with E-state index in [9.17, 15) is 0 Å². The molecule has 0 aromatic heterocycles. The summed E-state index contributed by atoms with van der Waals surface area (Å²) in [6.45, 7) is 0.418. The molecule has 0 spiro atoms. The van der Waals surface area contributed by atoms with Gasteiger partial charge in [0.15, 0.2) is 0 Å². The van der Waals surface area contributed by atoms with E-state index >= 15 is 0 Å². The molecular weight excluding hydrogens is 931 g/mol. The molecule has 2 nitrogen and oxygen atoms in total. The molecule has 0 radical (unpaired) electrons. The van der Waals surface area contributed by atoms with Crippen molar-refractivity contribution >= 4 is 43.0 Å². The second-order valence-electron chi connectivity index (χ2n) is 12.1. The van der Waals surface area contributed by atoms with E-state index in [-0.39, 0.29) is 54.1 Å². The van der Waals surface area contributed by atoms with Gasteiger partial charge in [0.1, 0.15) is 15.9 Å². The van der Waals surface area contributed by atoms with Gasteiger partial charge in [0.25, 0.3) is 0 Å². The van der Waals surface area contributed by atoms with Crippen LogP contribution >= 0.6 is 16.5 Å². The molecule has 8 aromatic rings. The summed E-state index contributed by atoms with van der Waals surface area (Å²) in [5.74, 6) is 0. The SMILES string of the molecule is OCCc1[c-]cccc1.OCCc1[c-]cccc1.[Pd+2].[Pd].[c-]1ccccc1.c1ccc(Pc2ccccc2)cc1.c1ccc([PH+](c2ccccc2)c2ccccc2)cc1. The van der Waals surface area contributed by atoms with Crippen molar-refractivity contribution in [3.05, 3.63) is 260 Å². The van der Waals surface area contributed by atoms with Gasteiger partial charge in [-0.2, -0.15) is 108 Å². The minimum absolute atomic E-state index is 0. The molecule has 0 saturated carbocycles. The predicted octanol–water partition coefficient (Wildman–Crippen LogP) is 9.02. The summed E-state index contributed by atoms with van der Waals surface area (Å²) in [5.41, 5.74) is 2.14. The van der Waals surface area contributed by atoms with E-state index in [2.05, 4.69) is 170 Å². The fourth-order valence-corrected chi connectivity index (χ4v) is 8.91. The molecule has 0 fully saturated rings. The average Bonchev–Trinajstić information content (AvgIpc) is 3.28. The fraction of sp³-hybridized carbons (Fsp3) is 0.0769. The van der Waals surface area contributed by atoms with Crippen LogP contribution in [0.2, 0.25) is 0 Å². The molecule has 0 atom stereocenters. The van der Waals surface area contributed by atoms with Gasteiger partial charge in [-0.05, 0) is 59.8 Å². The monoisotopic (exact) mass is 980 g/mol. The normalized spacial score (nSPS) is 9.43. The maximum atomic E-state index is 8.50. The van der Waals surface area contributed by atoms with E-state index in [0.717, 1.165) is 19.7 Å². The molecule has 0 amide bonds. The van der Waals surface area contributed by atoms with Gasteiger partial charge in [0.2, 0.25) is 0 Å². The van der Waals surface area contributed by atoms with Crippen molar-refractivity contribution in [2.45, 2.75) is 12.8 Å². The Morgan fingerprint density at radius 1 is 0.379 bits per heavy atom. The van der Waals surface area contributed by atoms with Crippen LogP contribution in [-0.2, 0) is 53.7 Å². The average molecular weight is 982 g/mol. The Kier molecular flexibility index (Phi) is 28.3. The van der Waals surface area contributed by atoms with E-state index < -0.39 is 7.92 Å². The smallest absolute Gasteiger partial charge is 0.396 e. The molecule has 6 heteroatoms. The zero-order valence-corrected chi connectivity index (χ0v) is 37.4. The number of aliphatic hydroxyl groups excluding tert-OH is 2. The standard InChI is InChI=1S/C18H15P.C12H11P.2C8H9O.C6H5.2Pd/c1-4-10-16(11-5-1)19(17-12-6-2-7-13-17)18-14-8-3-9-15-18;1-3-7-11(8-4-1)13-12-9-5-2-6-10-12;2*9-7-6-8-4-2-1-3-5-8;1-2-4-6-5-3-1;;/h1-15H;1-10,13H;2*1-4,9H,6-7H2;1-5H;;/q;;3*-1;;+2/p+1. The molecule has 0 aliphatic carbocycles. The van der Waals surface area contributed by atoms with Crippen molar-refractivity contribution in [3.63, 3.8) is 0 Å². The molecule has 300 valence electrons. The number of hydrogen-bond donors (Lipinski definition) is 2. The van der Waals surface area contributed by atoms with Crippen molar-refractivity contribution in [3.8, 4) is 0 Å². The molecule has 0 bridgehead atoms. The molecule has 0 aliphatic heterocycles. The van der Waals surface area contributed by atoms with Crippen LogP contribution in [0.15, 0.2) is 231 Å². The van der Waals surface area contributed by atoms with Gasteiger partial charge in [-0.25, -0.2) is 0 Å². The summed E-state index contributed by atoms with van der Waals surface area (Å²) in [7, 11) is -0.101. The van der Waals surface area contributed by atoms with Gasteiger partial charge in [-0.3, -0.25) is 0 Å². The Morgan fingerprint density at radius 3 is 0.931 bits per heavy atom. The summed E-state index contributed by atoms with van der Waals surface area (Å²) in [5, 5.41) is 24.1. The zero-order valence-electron chi connectivity index (χ0n) is 32.3. The van der Waals surface area contributed by atoms with Crippen molar-refractivity contribution < 1.29 is 51.1 Å². The van der Waals surface area contributed by atoms with E-state index in [0.29, 0.717) is 12.8 Å². The first-order chi connectivity index (χ1) is 27.8. The summed E-state index contributed by atoms with van der Waals surface area (Å²) >= 11 is 0. The molecule has 58 heavy (non-hydrogen) atoms. The Balaban J connectivity index is 0.000000262. The molecular formula is C52H50O2P2Pd2. The Labute approximate surface area is 377 Å². The summed E-state index contributed by atoms with van der Waals surface area (Å²) in [6, 6.07) is 87.5. The van der Waals surface area contributed by atoms with Crippen LogP contribution in [0, 0.1) is 18.2 Å². The van der Waals surface area contributed by atoms with Gasteiger partial charge >= 0.3 is 20.4 Å². The third-order valence-corrected chi connectivity index (χ3v) is 11.9. The van der Waals surface area contributed by atoms with Gasteiger partial charge in [0, 0.05) is 33.6 Å². The van der Waals surface area contributed by atoms with E-state index in [1.807, 2.05) is 78.9 Å². The summed E-state index contributed by atoms with van der Waals surface area (Å²) < 4.78 is 0. The van der Waals surface area contributed by atoms with E-state index in [1.54, 1.807) is 0 Å². The first-order valence-electron chi connectivity index (χ1n) is 18.7. The first-order valence-corrected chi connectivity index (χ1v) is 21.2. The molecule has 0 aliphatic rings. The minimum atomic E-state index is -0.877. The maximum Gasteiger partial charge on any atom is 2.00 e. The molecule has 0 saturated heterocycles. The zero-order chi connectivity index (χ0) is 39.1. The molecule has 0 unspecified atom stereocenters. The van der Waals surface area contributed by atoms with Gasteiger partial charge in [0.05, 0.1) is 7.92 Å². The topological polar surface area (TPSA) is 40.5 Å².